The van der Waals surface area contributed by atoms with E-state index in [2.05, 4.69) is 18.9 Å². The smallest absolute Gasteiger partial charge is 0.355 e. The molecule has 0 amide bonds. The Bertz CT molecular complexity index is 951. The maximum atomic E-state index is 5.91. The summed E-state index contributed by atoms with van der Waals surface area (Å²) in [6, 6.07) is 7.99. The number of nitrogens with zero attached hydrogens (tertiary/aromatic N) is 4. The molecule has 1 aliphatic rings. The highest BCUT2D eigenvalue weighted by molar-refractivity contribution is 5.72. The molecule has 0 spiro atoms. The third-order valence-corrected chi connectivity index (χ3v) is 3.64. The summed E-state index contributed by atoms with van der Waals surface area (Å²) in [5.74, 6) is 0.846. The molecule has 5 rings (SSSR count). The minimum absolute atomic E-state index is 0.677. The van der Waals surface area contributed by atoms with Crippen LogP contribution in [-0.2, 0) is 6.54 Å². The van der Waals surface area contributed by atoms with Crippen molar-refractivity contribution in [2.24, 2.45) is 0 Å². The molecule has 0 saturated heterocycles. The summed E-state index contributed by atoms with van der Waals surface area (Å²) < 4.78 is 10.1. The van der Waals surface area contributed by atoms with Crippen molar-refractivity contribution in [3.63, 3.8) is 0 Å². The van der Waals surface area contributed by atoms with E-state index >= 15 is 0 Å². The number of aromatic nitrogens is 4. The van der Waals surface area contributed by atoms with Crippen LogP contribution in [0, 0.1) is 0 Å². The van der Waals surface area contributed by atoms with Crippen LogP contribution in [0.1, 0.15) is 5.56 Å². The van der Waals surface area contributed by atoms with Crippen molar-refractivity contribution in [2.45, 2.75) is 6.54 Å². The first-order valence-corrected chi connectivity index (χ1v) is 6.14. The summed E-state index contributed by atoms with van der Waals surface area (Å²) in [5.41, 5.74) is 4.88. The molecule has 0 aromatic carbocycles. The number of hydrogen-bond acceptors (Lipinski definition) is 3. The first kappa shape index (κ1) is 9.27. The lowest BCUT2D eigenvalue weighted by molar-refractivity contribution is -0.651. The minimum Gasteiger partial charge on any atom is -0.395 e. The standard InChI is InChI=1S/C14H9N4O/c1-2-6-17-11(3-1)16-12-13(17)18-8-9-4-5-15-7-10(9)14(18)19-12/h1-7H,8H2/q+1. The number of pyridine rings is 2. The van der Waals surface area contributed by atoms with Gasteiger partial charge in [0.1, 0.15) is 6.54 Å². The van der Waals surface area contributed by atoms with Gasteiger partial charge in [-0.2, -0.15) is 14.0 Å². The van der Waals surface area contributed by atoms with Gasteiger partial charge in [-0.05, 0) is 12.1 Å². The van der Waals surface area contributed by atoms with Crippen LogP contribution >= 0.6 is 0 Å². The van der Waals surface area contributed by atoms with Crippen molar-refractivity contribution < 1.29 is 8.98 Å². The average Bonchev–Trinajstić information content (AvgIpc) is 3.05. The Morgan fingerprint density at radius 2 is 2.26 bits per heavy atom. The highest BCUT2D eigenvalue weighted by Gasteiger charge is 2.33. The van der Waals surface area contributed by atoms with Crippen molar-refractivity contribution in [3.05, 3.63) is 48.4 Å². The van der Waals surface area contributed by atoms with E-state index < -0.39 is 0 Å². The summed E-state index contributed by atoms with van der Waals surface area (Å²) in [7, 11) is 0. The summed E-state index contributed by atoms with van der Waals surface area (Å²) in [6.07, 6.45) is 5.68. The normalized spacial score (nSPS) is 13.1. The van der Waals surface area contributed by atoms with Crippen LogP contribution < -0.4 is 4.57 Å². The molecule has 0 aliphatic carbocycles. The number of rotatable bonds is 0. The van der Waals surface area contributed by atoms with Crippen LogP contribution in [0.5, 0.6) is 0 Å². The Kier molecular flexibility index (Phi) is 1.46. The van der Waals surface area contributed by atoms with Crippen LogP contribution in [0.15, 0.2) is 47.3 Å². The SMILES string of the molecule is c1ccn2c(c1)nc1oc3[n+](c12)Cc1ccncc1-3. The van der Waals surface area contributed by atoms with E-state index in [4.69, 9.17) is 4.42 Å². The molecule has 0 unspecified atom stereocenters. The molecule has 4 aromatic rings. The molecular formula is C14H9N4O+. The fraction of sp³-hybridized carbons (Fsp3) is 0.0714. The molecule has 5 nitrogen and oxygen atoms in total. The molecule has 5 heterocycles. The molecule has 1 aliphatic heterocycles. The van der Waals surface area contributed by atoms with Crippen molar-refractivity contribution in [1.82, 2.24) is 14.4 Å². The zero-order valence-electron chi connectivity index (χ0n) is 9.95. The van der Waals surface area contributed by atoms with E-state index in [0.29, 0.717) is 5.71 Å². The van der Waals surface area contributed by atoms with Gasteiger partial charge in [-0.3, -0.25) is 4.98 Å². The van der Waals surface area contributed by atoms with Crippen molar-refractivity contribution in [1.29, 1.82) is 0 Å². The first-order chi connectivity index (χ1) is 9.42. The largest absolute Gasteiger partial charge is 0.395 e. The molecule has 0 bridgehead atoms. The second-order valence-electron chi connectivity index (χ2n) is 4.70. The first-order valence-electron chi connectivity index (χ1n) is 6.14. The van der Waals surface area contributed by atoms with Gasteiger partial charge < -0.3 is 4.42 Å². The third-order valence-electron chi connectivity index (χ3n) is 3.64. The van der Waals surface area contributed by atoms with Gasteiger partial charge in [-0.1, -0.05) is 6.07 Å². The Hall–Kier alpha value is -2.69. The number of fused-ring (bicyclic) bond motifs is 7. The van der Waals surface area contributed by atoms with Gasteiger partial charge >= 0.3 is 17.3 Å². The molecule has 0 atom stereocenters. The predicted molar refractivity (Wildman–Crippen MR) is 67.5 cm³/mol. The summed E-state index contributed by atoms with van der Waals surface area (Å²) in [6.45, 7) is 0.808. The fourth-order valence-electron chi connectivity index (χ4n) is 2.79. The van der Waals surface area contributed by atoms with E-state index in [9.17, 15) is 0 Å². The van der Waals surface area contributed by atoms with Gasteiger partial charge in [0.25, 0.3) is 0 Å². The number of hydrogen-bond donors (Lipinski definition) is 0. The van der Waals surface area contributed by atoms with Crippen LogP contribution in [0.25, 0.3) is 28.5 Å². The molecule has 4 aromatic heterocycles. The third kappa shape index (κ3) is 1.03. The highest BCUT2D eigenvalue weighted by atomic mass is 16.4. The predicted octanol–water partition coefficient (Wildman–Crippen LogP) is 1.79. The van der Waals surface area contributed by atoms with E-state index in [1.54, 1.807) is 0 Å². The monoisotopic (exact) mass is 249 g/mol. The zero-order valence-corrected chi connectivity index (χ0v) is 9.95. The Balaban J connectivity index is 1.94. The maximum Gasteiger partial charge on any atom is 0.355 e. The summed E-state index contributed by atoms with van der Waals surface area (Å²) >= 11 is 0. The van der Waals surface area contributed by atoms with E-state index in [1.807, 2.05) is 42.9 Å². The van der Waals surface area contributed by atoms with Gasteiger partial charge in [0.05, 0.1) is 11.8 Å². The van der Waals surface area contributed by atoms with Crippen LogP contribution in [0.3, 0.4) is 0 Å². The Labute approximate surface area is 107 Å². The van der Waals surface area contributed by atoms with Crippen molar-refractivity contribution in [2.75, 3.05) is 0 Å². The lowest BCUT2D eigenvalue weighted by Gasteiger charge is -1.90. The van der Waals surface area contributed by atoms with Gasteiger partial charge in [-0.15, -0.1) is 0 Å². The van der Waals surface area contributed by atoms with Crippen LogP contribution in [0.2, 0.25) is 0 Å². The molecule has 0 radical (unpaired) electrons. The summed E-state index contributed by atoms with van der Waals surface area (Å²) in [5, 5.41) is 0. The van der Waals surface area contributed by atoms with Gasteiger partial charge in [0.2, 0.25) is 5.65 Å². The van der Waals surface area contributed by atoms with Gasteiger partial charge in [-0.25, -0.2) is 0 Å². The zero-order chi connectivity index (χ0) is 12.4. The molecule has 5 heteroatoms. The van der Waals surface area contributed by atoms with Crippen molar-refractivity contribution in [3.8, 4) is 11.5 Å². The van der Waals surface area contributed by atoms with Crippen LogP contribution in [0.4, 0.5) is 0 Å². The molecule has 90 valence electrons. The lowest BCUT2D eigenvalue weighted by Crippen LogP contribution is -2.31. The molecule has 19 heavy (non-hydrogen) atoms. The minimum atomic E-state index is 0.677. The quantitative estimate of drug-likeness (QED) is 0.393. The average molecular weight is 249 g/mol. The summed E-state index contributed by atoms with van der Waals surface area (Å²) in [4.78, 5) is 8.68. The lowest BCUT2D eigenvalue weighted by atomic mass is 10.2. The second-order valence-corrected chi connectivity index (χ2v) is 4.70. The Morgan fingerprint density at radius 3 is 3.26 bits per heavy atom. The molecule has 0 N–H and O–H groups in total. The Morgan fingerprint density at radius 1 is 1.26 bits per heavy atom. The van der Waals surface area contributed by atoms with Gasteiger partial charge in [0.15, 0.2) is 0 Å². The van der Waals surface area contributed by atoms with E-state index in [0.717, 1.165) is 29.3 Å². The highest BCUT2D eigenvalue weighted by Crippen LogP contribution is 2.30. The topological polar surface area (TPSA) is 47.2 Å². The molecule has 0 saturated carbocycles. The van der Waals surface area contributed by atoms with Crippen molar-refractivity contribution >= 4 is 17.0 Å². The van der Waals surface area contributed by atoms with Gasteiger partial charge in [0, 0.05) is 24.0 Å². The fourth-order valence-corrected chi connectivity index (χ4v) is 2.79. The maximum absolute atomic E-state index is 5.91. The van der Waals surface area contributed by atoms with Crippen LogP contribution in [-0.4, -0.2) is 14.4 Å². The molecule has 0 fully saturated rings. The number of oxazole rings is 1. The second kappa shape index (κ2) is 3.00. The van der Waals surface area contributed by atoms with E-state index in [-0.39, 0.29) is 0 Å². The molecular weight excluding hydrogens is 240 g/mol. The number of imidazole rings is 1. The van der Waals surface area contributed by atoms with E-state index in [1.165, 1.54) is 5.56 Å².